The monoisotopic (exact) mass is 367 g/mol. The van der Waals surface area contributed by atoms with Crippen LogP contribution >= 0.6 is 0 Å². The molecule has 1 aliphatic rings. The van der Waals surface area contributed by atoms with Crippen LogP contribution in [-0.2, 0) is 11.3 Å². The normalized spacial score (nSPS) is 12.7. The maximum atomic E-state index is 5.92. The van der Waals surface area contributed by atoms with E-state index in [1.807, 2.05) is 70.2 Å². The smallest absolute Gasteiger partial charge is 0.149 e. The first kappa shape index (κ1) is 22.4. The first-order chi connectivity index (χ1) is 13.3. The average molecular weight is 368 g/mol. The molecule has 0 fully saturated rings. The maximum absolute atomic E-state index is 5.92. The van der Waals surface area contributed by atoms with Crippen LogP contribution in [0.25, 0.3) is 0 Å². The Balaban J connectivity index is 0.000000855. The van der Waals surface area contributed by atoms with Crippen molar-refractivity contribution in [3.05, 3.63) is 83.8 Å². The highest BCUT2D eigenvalue weighted by atomic mass is 16.5. The number of rotatable bonds is 5. The Bertz CT molecular complexity index is 705. The third kappa shape index (κ3) is 8.04. The van der Waals surface area contributed by atoms with Crippen LogP contribution in [0.15, 0.2) is 78.3 Å². The first-order valence-electron chi connectivity index (χ1n) is 9.88. The van der Waals surface area contributed by atoms with Crippen molar-refractivity contribution in [1.29, 1.82) is 0 Å². The SMILES string of the molecule is CC.CC.Nc1ccccc1OC1=CCCC(OCc2ccccc2)=CC1. The summed E-state index contributed by atoms with van der Waals surface area (Å²) in [6.07, 6.45) is 6.73. The summed E-state index contributed by atoms with van der Waals surface area (Å²) in [6, 6.07) is 17.8. The molecule has 2 aromatic rings. The van der Waals surface area contributed by atoms with Gasteiger partial charge in [-0.2, -0.15) is 0 Å². The van der Waals surface area contributed by atoms with E-state index in [2.05, 4.69) is 24.3 Å². The summed E-state index contributed by atoms with van der Waals surface area (Å²) in [5.74, 6) is 2.65. The standard InChI is InChI=1S/C20H21NO2.2C2H6/c21-19-11-4-5-12-20(19)23-18-10-6-9-17(13-14-18)22-15-16-7-2-1-3-8-16;2*1-2/h1-5,7-8,10-13H,6,9,14-15,21H2;2*1-2H3. The number of hydrogen-bond acceptors (Lipinski definition) is 3. The molecule has 0 aliphatic heterocycles. The predicted octanol–water partition coefficient (Wildman–Crippen LogP) is 6.87. The zero-order valence-corrected chi connectivity index (χ0v) is 17.1. The summed E-state index contributed by atoms with van der Waals surface area (Å²) in [5, 5.41) is 0. The van der Waals surface area contributed by atoms with E-state index in [0.29, 0.717) is 18.0 Å². The highest BCUT2D eigenvalue weighted by molar-refractivity contribution is 5.52. The highest BCUT2D eigenvalue weighted by Crippen LogP contribution is 2.26. The molecule has 0 spiro atoms. The van der Waals surface area contributed by atoms with Gasteiger partial charge in [0.05, 0.1) is 11.4 Å². The van der Waals surface area contributed by atoms with Gasteiger partial charge >= 0.3 is 0 Å². The Morgan fingerprint density at radius 1 is 0.815 bits per heavy atom. The number of hydrogen-bond donors (Lipinski definition) is 1. The Labute approximate surface area is 164 Å². The van der Waals surface area contributed by atoms with Gasteiger partial charge in [-0.1, -0.05) is 70.2 Å². The van der Waals surface area contributed by atoms with E-state index in [0.717, 1.165) is 30.8 Å². The average Bonchev–Trinajstić information content (AvgIpc) is 2.97. The number of para-hydroxylation sites is 2. The molecule has 1 aliphatic carbocycles. The summed E-state index contributed by atoms with van der Waals surface area (Å²) in [7, 11) is 0. The molecule has 0 heterocycles. The third-order valence-electron chi connectivity index (χ3n) is 3.72. The number of ether oxygens (including phenoxy) is 2. The van der Waals surface area contributed by atoms with E-state index in [-0.39, 0.29) is 0 Å². The molecule has 3 heteroatoms. The number of benzene rings is 2. The topological polar surface area (TPSA) is 44.5 Å². The van der Waals surface area contributed by atoms with Gasteiger partial charge in [-0.05, 0) is 36.3 Å². The van der Waals surface area contributed by atoms with Gasteiger partial charge < -0.3 is 15.2 Å². The molecule has 3 nitrogen and oxygen atoms in total. The van der Waals surface area contributed by atoms with Crippen molar-refractivity contribution in [2.45, 2.75) is 53.6 Å². The van der Waals surface area contributed by atoms with E-state index in [1.165, 1.54) is 5.56 Å². The van der Waals surface area contributed by atoms with Crippen LogP contribution in [0.5, 0.6) is 5.75 Å². The zero-order valence-electron chi connectivity index (χ0n) is 17.1. The minimum absolute atomic E-state index is 0.606. The summed E-state index contributed by atoms with van der Waals surface area (Å²) < 4.78 is 11.8. The molecule has 0 aromatic heterocycles. The summed E-state index contributed by atoms with van der Waals surface area (Å²) in [4.78, 5) is 0. The molecule has 3 rings (SSSR count). The van der Waals surface area contributed by atoms with Crippen LogP contribution in [0.1, 0.15) is 52.5 Å². The highest BCUT2D eigenvalue weighted by Gasteiger charge is 2.09. The molecular formula is C24H33NO2. The van der Waals surface area contributed by atoms with Crippen molar-refractivity contribution in [2.24, 2.45) is 0 Å². The van der Waals surface area contributed by atoms with Crippen molar-refractivity contribution < 1.29 is 9.47 Å². The zero-order chi connectivity index (χ0) is 19.9. The Kier molecular flexibility index (Phi) is 11.2. The van der Waals surface area contributed by atoms with Crippen molar-refractivity contribution in [3.63, 3.8) is 0 Å². The van der Waals surface area contributed by atoms with Crippen LogP contribution in [0.2, 0.25) is 0 Å². The second-order valence-electron chi connectivity index (χ2n) is 5.50. The Morgan fingerprint density at radius 3 is 2.19 bits per heavy atom. The number of nitrogen functional groups attached to an aromatic ring is 1. The lowest BCUT2D eigenvalue weighted by Crippen LogP contribution is -1.97. The summed E-state index contributed by atoms with van der Waals surface area (Å²) >= 11 is 0. The fraction of sp³-hybridized carbons (Fsp3) is 0.333. The number of anilines is 1. The molecule has 0 unspecified atom stereocenters. The van der Waals surface area contributed by atoms with Crippen LogP contribution in [0.3, 0.4) is 0 Å². The second-order valence-corrected chi connectivity index (χ2v) is 5.50. The lowest BCUT2D eigenvalue weighted by Gasteiger charge is -2.10. The van der Waals surface area contributed by atoms with Gasteiger partial charge in [0.1, 0.15) is 18.1 Å². The lowest BCUT2D eigenvalue weighted by molar-refractivity contribution is 0.189. The van der Waals surface area contributed by atoms with Crippen molar-refractivity contribution in [1.82, 2.24) is 0 Å². The molecule has 0 saturated carbocycles. The van der Waals surface area contributed by atoms with Crippen molar-refractivity contribution >= 4 is 5.69 Å². The minimum Gasteiger partial charge on any atom is -0.494 e. The molecule has 2 N–H and O–H groups in total. The van der Waals surface area contributed by atoms with Gasteiger partial charge in [-0.15, -0.1) is 0 Å². The minimum atomic E-state index is 0.606. The van der Waals surface area contributed by atoms with E-state index < -0.39 is 0 Å². The maximum Gasteiger partial charge on any atom is 0.149 e. The Morgan fingerprint density at radius 2 is 1.48 bits per heavy atom. The lowest BCUT2D eigenvalue weighted by atomic mass is 10.2. The quantitative estimate of drug-likeness (QED) is 0.586. The summed E-state index contributed by atoms with van der Waals surface area (Å²) in [5.41, 5.74) is 7.76. The summed E-state index contributed by atoms with van der Waals surface area (Å²) in [6.45, 7) is 8.61. The first-order valence-corrected chi connectivity index (χ1v) is 9.88. The van der Waals surface area contributed by atoms with Crippen LogP contribution < -0.4 is 10.5 Å². The van der Waals surface area contributed by atoms with Gasteiger partial charge in [-0.3, -0.25) is 0 Å². The molecule has 0 saturated heterocycles. The van der Waals surface area contributed by atoms with Gasteiger partial charge in [0.15, 0.2) is 0 Å². The number of allylic oxidation sites excluding steroid dienone is 3. The van der Waals surface area contributed by atoms with Gasteiger partial charge in [0.2, 0.25) is 0 Å². The predicted molar refractivity (Wildman–Crippen MR) is 115 cm³/mol. The molecule has 0 radical (unpaired) electrons. The van der Waals surface area contributed by atoms with Crippen molar-refractivity contribution in [2.75, 3.05) is 5.73 Å². The van der Waals surface area contributed by atoms with Crippen LogP contribution in [0.4, 0.5) is 5.69 Å². The third-order valence-corrected chi connectivity index (χ3v) is 3.72. The second kappa shape index (κ2) is 13.5. The largest absolute Gasteiger partial charge is 0.494 e. The van der Waals surface area contributed by atoms with E-state index in [1.54, 1.807) is 0 Å². The molecule has 27 heavy (non-hydrogen) atoms. The van der Waals surface area contributed by atoms with E-state index >= 15 is 0 Å². The molecule has 0 amide bonds. The molecule has 0 bridgehead atoms. The van der Waals surface area contributed by atoms with E-state index in [4.69, 9.17) is 15.2 Å². The van der Waals surface area contributed by atoms with Crippen LogP contribution in [0, 0.1) is 0 Å². The van der Waals surface area contributed by atoms with Crippen molar-refractivity contribution in [3.8, 4) is 5.75 Å². The molecular weight excluding hydrogens is 334 g/mol. The van der Waals surface area contributed by atoms with Gasteiger partial charge in [0.25, 0.3) is 0 Å². The van der Waals surface area contributed by atoms with Crippen LogP contribution in [-0.4, -0.2) is 0 Å². The fourth-order valence-electron chi connectivity index (χ4n) is 2.45. The fourth-order valence-corrected chi connectivity index (χ4v) is 2.45. The van der Waals surface area contributed by atoms with Gasteiger partial charge in [0, 0.05) is 12.8 Å². The molecule has 2 aromatic carbocycles. The Hall–Kier alpha value is -2.68. The molecule has 146 valence electrons. The number of nitrogens with two attached hydrogens (primary N) is 1. The van der Waals surface area contributed by atoms with E-state index in [9.17, 15) is 0 Å². The van der Waals surface area contributed by atoms with Gasteiger partial charge in [-0.25, -0.2) is 0 Å². The molecule has 0 atom stereocenters.